The summed E-state index contributed by atoms with van der Waals surface area (Å²) in [4.78, 5) is 17.1. The number of likely N-dealkylation sites (N-methyl/N-ethyl adjacent to an activating group) is 1. The number of amides is 1. The molecule has 3 rings (SSSR count). The average Bonchev–Trinajstić information content (AvgIpc) is 2.64. The van der Waals surface area contributed by atoms with E-state index in [2.05, 4.69) is 4.90 Å². The van der Waals surface area contributed by atoms with E-state index in [-0.39, 0.29) is 5.91 Å². The summed E-state index contributed by atoms with van der Waals surface area (Å²) in [5, 5.41) is 0.690. The highest BCUT2D eigenvalue weighted by atomic mass is 35.5. The standard InChI is InChI=1S/C18H20ClN3O/c1-12-9-15(20)4-5-16(12)18(23)22-8-7-21(2)11-13-10-14(19)3-6-17(13)22/h3-6,9-10H,7-8,11,20H2,1-2H3. The number of nitrogens with two attached hydrogens (primary N) is 1. The molecule has 0 atom stereocenters. The summed E-state index contributed by atoms with van der Waals surface area (Å²) in [6.07, 6.45) is 0. The van der Waals surface area contributed by atoms with Crippen molar-refractivity contribution in [3.63, 3.8) is 0 Å². The first-order valence-electron chi connectivity index (χ1n) is 7.60. The van der Waals surface area contributed by atoms with Crippen molar-refractivity contribution in [3.8, 4) is 0 Å². The minimum atomic E-state index is 0.00127. The minimum absolute atomic E-state index is 0.00127. The van der Waals surface area contributed by atoms with Gasteiger partial charge >= 0.3 is 0 Å². The van der Waals surface area contributed by atoms with Crippen LogP contribution in [0.1, 0.15) is 21.5 Å². The fraction of sp³-hybridized carbons (Fsp3) is 0.278. The average molecular weight is 330 g/mol. The van der Waals surface area contributed by atoms with Crippen LogP contribution in [-0.4, -0.2) is 30.9 Å². The van der Waals surface area contributed by atoms with Gasteiger partial charge in [-0.2, -0.15) is 0 Å². The van der Waals surface area contributed by atoms with Crippen molar-refractivity contribution in [2.45, 2.75) is 13.5 Å². The van der Waals surface area contributed by atoms with Crippen molar-refractivity contribution in [2.75, 3.05) is 30.8 Å². The maximum absolute atomic E-state index is 13.1. The smallest absolute Gasteiger partial charge is 0.258 e. The van der Waals surface area contributed by atoms with E-state index < -0.39 is 0 Å². The molecule has 2 aromatic rings. The van der Waals surface area contributed by atoms with Crippen molar-refractivity contribution in [1.82, 2.24) is 4.90 Å². The van der Waals surface area contributed by atoms with Gasteiger partial charge in [0, 0.05) is 41.6 Å². The lowest BCUT2D eigenvalue weighted by atomic mass is 10.1. The first kappa shape index (κ1) is 15.8. The molecule has 1 aliphatic heterocycles. The second-order valence-corrected chi connectivity index (χ2v) is 6.48. The molecule has 1 amide bonds. The van der Waals surface area contributed by atoms with Gasteiger partial charge in [0.15, 0.2) is 0 Å². The van der Waals surface area contributed by atoms with Gasteiger partial charge in [-0.25, -0.2) is 0 Å². The topological polar surface area (TPSA) is 49.6 Å². The Labute approximate surface area is 141 Å². The highest BCUT2D eigenvalue weighted by molar-refractivity contribution is 6.30. The summed E-state index contributed by atoms with van der Waals surface area (Å²) in [5.41, 5.74) is 10.0. The fourth-order valence-electron chi connectivity index (χ4n) is 2.99. The van der Waals surface area contributed by atoms with E-state index in [1.807, 2.05) is 43.1 Å². The number of hydrogen-bond acceptors (Lipinski definition) is 3. The third-order valence-corrected chi connectivity index (χ3v) is 4.44. The van der Waals surface area contributed by atoms with Crippen LogP contribution in [0, 0.1) is 6.92 Å². The second-order valence-electron chi connectivity index (χ2n) is 6.04. The van der Waals surface area contributed by atoms with Gasteiger partial charge in [-0.1, -0.05) is 11.6 Å². The Morgan fingerprint density at radius 3 is 2.70 bits per heavy atom. The molecule has 5 heteroatoms. The zero-order valence-electron chi connectivity index (χ0n) is 13.3. The number of hydrogen-bond donors (Lipinski definition) is 1. The lowest BCUT2D eigenvalue weighted by molar-refractivity contribution is 0.0985. The van der Waals surface area contributed by atoms with E-state index in [4.69, 9.17) is 17.3 Å². The summed E-state index contributed by atoms with van der Waals surface area (Å²) in [5.74, 6) is 0.00127. The molecule has 0 aromatic heterocycles. The number of carbonyl (C=O) groups excluding carboxylic acids is 1. The second kappa shape index (κ2) is 6.22. The SMILES string of the molecule is Cc1cc(N)ccc1C(=O)N1CCN(C)Cc2cc(Cl)ccc21. The molecule has 23 heavy (non-hydrogen) atoms. The molecule has 0 bridgehead atoms. The number of rotatable bonds is 1. The van der Waals surface area contributed by atoms with Crippen LogP contribution in [0.3, 0.4) is 0 Å². The maximum Gasteiger partial charge on any atom is 0.258 e. The Kier molecular flexibility index (Phi) is 4.28. The molecular weight excluding hydrogens is 310 g/mol. The van der Waals surface area contributed by atoms with Crippen LogP contribution < -0.4 is 10.6 Å². The minimum Gasteiger partial charge on any atom is -0.399 e. The van der Waals surface area contributed by atoms with E-state index in [9.17, 15) is 4.79 Å². The molecule has 0 spiro atoms. The predicted molar refractivity (Wildman–Crippen MR) is 95.1 cm³/mol. The normalized spacial score (nSPS) is 15.2. The van der Waals surface area contributed by atoms with Crippen molar-refractivity contribution in [3.05, 3.63) is 58.1 Å². The van der Waals surface area contributed by atoms with Crippen LogP contribution in [0.15, 0.2) is 36.4 Å². The van der Waals surface area contributed by atoms with Gasteiger partial charge in [-0.15, -0.1) is 0 Å². The Hall–Kier alpha value is -2.04. The van der Waals surface area contributed by atoms with Crippen molar-refractivity contribution in [1.29, 1.82) is 0 Å². The van der Waals surface area contributed by atoms with Crippen molar-refractivity contribution in [2.24, 2.45) is 0 Å². The molecule has 0 saturated heterocycles. The molecule has 0 radical (unpaired) electrons. The highest BCUT2D eigenvalue weighted by Crippen LogP contribution is 2.29. The molecule has 1 aliphatic rings. The van der Waals surface area contributed by atoms with E-state index in [1.165, 1.54) is 0 Å². The van der Waals surface area contributed by atoms with Crippen molar-refractivity contribution >= 4 is 28.9 Å². The van der Waals surface area contributed by atoms with Crippen LogP contribution in [0.4, 0.5) is 11.4 Å². The van der Waals surface area contributed by atoms with Crippen LogP contribution in [-0.2, 0) is 6.54 Å². The van der Waals surface area contributed by atoms with Gasteiger partial charge in [0.25, 0.3) is 5.91 Å². The fourth-order valence-corrected chi connectivity index (χ4v) is 3.18. The first-order chi connectivity index (χ1) is 11.0. The third-order valence-electron chi connectivity index (χ3n) is 4.20. The number of carbonyl (C=O) groups is 1. The molecular formula is C18H20ClN3O. The van der Waals surface area contributed by atoms with Gasteiger partial charge < -0.3 is 15.5 Å². The summed E-state index contributed by atoms with van der Waals surface area (Å²) < 4.78 is 0. The highest BCUT2D eigenvalue weighted by Gasteiger charge is 2.25. The van der Waals surface area contributed by atoms with Gasteiger partial charge in [0.2, 0.25) is 0 Å². The van der Waals surface area contributed by atoms with E-state index in [0.717, 1.165) is 29.9 Å². The summed E-state index contributed by atoms with van der Waals surface area (Å²) in [7, 11) is 2.05. The van der Waals surface area contributed by atoms with Crippen LogP contribution in [0.2, 0.25) is 5.02 Å². The zero-order chi connectivity index (χ0) is 16.6. The number of anilines is 2. The number of fused-ring (bicyclic) bond motifs is 1. The molecule has 2 N–H and O–H groups in total. The largest absolute Gasteiger partial charge is 0.399 e. The van der Waals surface area contributed by atoms with E-state index in [0.29, 0.717) is 22.8 Å². The van der Waals surface area contributed by atoms with Gasteiger partial charge in [0.1, 0.15) is 0 Å². The Morgan fingerprint density at radius 2 is 1.96 bits per heavy atom. The Balaban J connectivity index is 2.03. The van der Waals surface area contributed by atoms with Gasteiger partial charge in [-0.05, 0) is 61.5 Å². The van der Waals surface area contributed by atoms with E-state index >= 15 is 0 Å². The molecule has 2 aromatic carbocycles. The van der Waals surface area contributed by atoms with Crippen LogP contribution in [0.5, 0.6) is 0 Å². The van der Waals surface area contributed by atoms with Crippen LogP contribution in [0.25, 0.3) is 0 Å². The summed E-state index contributed by atoms with van der Waals surface area (Å²) in [6, 6.07) is 11.1. The molecule has 0 aliphatic carbocycles. The molecule has 0 unspecified atom stereocenters. The Bertz CT molecular complexity index is 760. The molecule has 4 nitrogen and oxygen atoms in total. The maximum atomic E-state index is 13.1. The molecule has 1 heterocycles. The number of benzene rings is 2. The van der Waals surface area contributed by atoms with Crippen molar-refractivity contribution < 1.29 is 4.79 Å². The predicted octanol–water partition coefficient (Wildman–Crippen LogP) is 3.32. The summed E-state index contributed by atoms with van der Waals surface area (Å²) >= 11 is 6.13. The van der Waals surface area contributed by atoms with E-state index in [1.54, 1.807) is 12.1 Å². The first-order valence-corrected chi connectivity index (χ1v) is 7.98. The quantitative estimate of drug-likeness (QED) is 0.816. The van der Waals surface area contributed by atoms with Gasteiger partial charge in [-0.3, -0.25) is 4.79 Å². The summed E-state index contributed by atoms with van der Waals surface area (Å²) in [6.45, 7) is 4.15. The Morgan fingerprint density at radius 1 is 1.17 bits per heavy atom. The number of halogens is 1. The third kappa shape index (κ3) is 3.19. The molecule has 0 saturated carbocycles. The lowest BCUT2D eigenvalue weighted by Gasteiger charge is -2.23. The monoisotopic (exact) mass is 329 g/mol. The molecule has 0 fully saturated rings. The number of nitrogen functional groups attached to an aromatic ring is 1. The number of aryl methyl sites for hydroxylation is 1. The van der Waals surface area contributed by atoms with Gasteiger partial charge in [0.05, 0.1) is 0 Å². The zero-order valence-corrected chi connectivity index (χ0v) is 14.1. The lowest BCUT2D eigenvalue weighted by Crippen LogP contribution is -2.35. The number of nitrogens with zero attached hydrogens (tertiary/aromatic N) is 2. The molecule has 120 valence electrons. The van der Waals surface area contributed by atoms with Crippen LogP contribution >= 0.6 is 11.6 Å².